The van der Waals surface area contributed by atoms with Crippen molar-refractivity contribution in [3.05, 3.63) is 40.6 Å². The Hall–Kier alpha value is -0.760. The van der Waals surface area contributed by atoms with Crippen molar-refractivity contribution >= 4 is 21.4 Å². The van der Waals surface area contributed by atoms with Crippen LogP contribution in [-0.2, 0) is 6.42 Å². The van der Waals surface area contributed by atoms with Crippen molar-refractivity contribution in [1.82, 2.24) is 4.40 Å². The second kappa shape index (κ2) is 3.54. The summed E-state index contributed by atoms with van der Waals surface area (Å²) in [4.78, 5) is 0. The van der Waals surface area contributed by atoms with E-state index in [1.807, 2.05) is 0 Å². The molecule has 0 aliphatic carbocycles. The van der Waals surface area contributed by atoms with E-state index >= 15 is 0 Å². The lowest BCUT2D eigenvalue weighted by atomic mass is 10.2. The first-order valence-electron chi connectivity index (χ1n) is 4.56. The van der Waals surface area contributed by atoms with Crippen molar-refractivity contribution in [2.75, 3.05) is 0 Å². The molecule has 2 heteroatoms. The van der Waals surface area contributed by atoms with Gasteiger partial charge in [0.1, 0.15) is 0 Å². The van der Waals surface area contributed by atoms with Crippen molar-refractivity contribution in [2.24, 2.45) is 0 Å². The van der Waals surface area contributed by atoms with E-state index in [2.05, 4.69) is 57.8 Å². The predicted octanol–water partition coefficient (Wildman–Crippen LogP) is 3.65. The molecule has 0 amide bonds. The lowest BCUT2D eigenvalue weighted by Gasteiger charge is -1.93. The van der Waals surface area contributed by atoms with Crippen molar-refractivity contribution in [2.45, 2.75) is 19.8 Å². The number of pyridine rings is 1. The van der Waals surface area contributed by atoms with E-state index in [0.29, 0.717) is 0 Å². The summed E-state index contributed by atoms with van der Waals surface area (Å²) in [5.74, 6) is 0. The standard InChI is InChI=1S/C11H12BrN/c1-2-3-9-6-11-5-4-10(12)8-13(11)7-9/h4-8H,2-3H2,1H3. The second-order valence-electron chi connectivity index (χ2n) is 3.28. The molecule has 68 valence electrons. The lowest BCUT2D eigenvalue weighted by molar-refractivity contribution is 0.920. The zero-order chi connectivity index (χ0) is 9.26. The first-order chi connectivity index (χ1) is 6.29. The van der Waals surface area contributed by atoms with Crippen molar-refractivity contribution in [1.29, 1.82) is 0 Å². The third kappa shape index (κ3) is 1.78. The summed E-state index contributed by atoms with van der Waals surface area (Å²) in [6, 6.07) is 6.45. The smallest absolute Gasteiger partial charge is 0.0453 e. The average Bonchev–Trinajstić information content (AvgIpc) is 2.46. The number of hydrogen-bond donors (Lipinski definition) is 0. The molecular weight excluding hydrogens is 226 g/mol. The fraction of sp³-hybridized carbons (Fsp3) is 0.273. The van der Waals surface area contributed by atoms with Crippen LogP contribution in [0.5, 0.6) is 0 Å². The second-order valence-corrected chi connectivity index (χ2v) is 4.19. The minimum atomic E-state index is 1.12. The van der Waals surface area contributed by atoms with E-state index in [1.165, 1.54) is 23.9 Å². The van der Waals surface area contributed by atoms with E-state index in [0.717, 1.165) is 4.47 Å². The summed E-state index contributed by atoms with van der Waals surface area (Å²) >= 11 is 3.46. The third-order valence-corrected chi connectivity index (χ3v) is 2.62. The van der Waals surface area contributed by atoms with Crippen LogP contribution in [0.25, 0.3) is 5.52 Å². The van der Waals surface area contributed by atoms with Gasteiger partial charge in [-0.3, -0.25) is 0 Å². The van der Waals surface area contributed by atoms with Gasteiger partial charge >= 0.3 is 0 Å². The normalized spacial score (nSPS) is 10.9. The molecule has 0 fully saturated rings. The number of aromatic nitrogens is 1. The average molecular weight is 238 g/mol. The van der Waals surface area contributed by atoms with Crippen molar-refractivity contribution in [3.63, 3.8) is 0 Å². The fourth-order valence-electron chi connectivity index (χ4n) is 1.57. The number of aryl methyl sites for hydroxylation is 1. The predicted molar refractivity (Wildman–Crippen MR) is 59.1 cm³/mol. The minimum Gasteiger partial charge on any atom is -0.322 e. The van der Waals surface area contributed by atoms with Gasteiger partial charge in [0.15, 0.2) is 0 Å². The summed E-state index contributed by atoms with van der Waals surface area (Å²) in [5.41, 5.74) is 2.69. The Morgan fingerprint density at radius 1 is 1.31 bits per heavy atom. The molecule has 0 saturated heterocycles. The molecule has 0 aliphatic rings. The van der Waals surface area contributed by atoms with Crippen LogP contribution in [0.2, 0.25) is 0 Å². The van der Waals surface area contributed by atoms with Crippen LogP contribution >= 0.6 is 15.9 Å². The van der Waals surface area contributed by atoms with E-state index in [9.17, 15) is 0 Å². The molecule has 0 aliphatic heterocycles. The van der Waals surface area contributed by atoms with Crippen LogP contribution < -0.4 is 0 Å². The van der Waals surface area contributed by atoms with Gasteiger partial charge in [-0.2, -0.15) is 0 Å². The highest BCUT2D eigenvalue weighted by Gasteiger charge is 1.98. The molecule has 2 rings (SSSR count). The van der Waals surface area contributed by atoms with Gasteiger partial charge in [-0.15, -0.1) is 0 Å². The van der Waals surface area contributed by atoms with Gasteiger partial charge in [0.2, 0.25) is 0 Å². The van der Waals surface area contributed by atoms with Gasteiger partial charge in [-0.1, -0.05) is 13.3 Å². The molecule has 0 saturated carbocycles. The van der Waals surface area contributed by atoms with Crippen LogP contribution in [0.15, 0.2) is 35.1 Å². The fourth-order valence-corrected chi connectivity index (χ4v) is 1.92. The van der Waals surface area contributed by atoms with E-state index in [1.54, 1.807) is 0 Å². The molecule has 2 aromatic heterocycles. The van der Waals surface area contributed by atoms with Crippen LogP contribution in [0.3, 0.4) is 0 Å². The largest absolute Gasteiger partial charge is 0.322 e. The summed E-state index contributed by atoms with van der Waals surface area (Å²) in [6.07, 6.45) is 6.66. The Morgan fingerprint density at radius 3 is 2.92 bits per heavy atom. The van der Waals surface area contributed by atoms with Gasteiger partial charge < -0.3 is 4.40 Å². The van der Waals surface area contributed by atoms with Gasteiger partial charge in [0, 0.05) is 22.4 Å². The lowest BCUT2D eigenvalue weighted by Crippen LogP contribution is -1.80. The Balaban J connectivity index is 2.49. The molecule has 13 heavy (non-hydrogen) atoms. The number of rotatable bonds is 2. The Bertz CT molecular complexity index is 417. The Labute approximate surface area is 86.5 Å². The maximum absolute atomic E-state index is 3.46. The first kappa shape index (κ1) is 8.82. The van der Waals surface area contributed by atoms with Gasteiger partial charge in [0.25, 0.3) is 0 Å². The first-order valence-corrected chi connectivity index (χ1v) is 5.35. The third-order valence-electron chi connectivity index (χ3n) is 2.15. The summed E-state index contributed by atoms with van der Waals surface area (Å²) in [5, 5.41) is 0. The Kier molecular flexibility index (Phi) is 2.40. The molecule has 0 N–H and O–H groups in total. The zero-order valence-corrected chi connectivity index (χ0v) is 9.21. The quantitative estimate of drug-likeness (QED) is 0.752. The molecule has 2 aromatic rings. The molecule has 2 heterocycles. The number of hydrogen-bond acceptors (Lipinski definition) is 0. The highest BCUT2D eigenvalue weighted by Crippen LogP contribution is 2.15. The molecule has 0 unspecified atom stereocenters. The van der Waals surface area contributed by atoms with Gasteiger partial charge in [0.05, 0.1) is 0 Å². The van der Waals surface area contributed by atoms with E-state index in [4.69, 9.17) is 0 Å². The number of halogens is 1. The summed E-state index contributed by atoms with van der Waals surface area (Å²) in [7, 11) is 0. The highest BCUT2D eigenvalue weighted by atomic mass is 79.9. The maximum Gasteiger partial charge on any atom is 0.0453 e. The van der Waals surface area contributed by atoms with Gasteiger partial charge in [-0.05, 0) is 46.1 Å². The van der Waals surface area contributed by atoms with Crippen LogP contribution in [0, 0.1) is 0 Å². The highest BCUT2D eigenvalue weighted by molar-refractivity contribution is 9.10. The molecule has 0 bridgehead atoms. The molecule has 0 aromatic carbocycles. The molecule has 0 radical (unpaired) electrons. The molecule has 1 nitrogen and oxygen atoms in total. The van der Waals surface area contributed by atoms with Crippen LogP contribution in [0.1, 0.15) is 18.9 Å². The monoisotopic (exact) mass is 237 g/mol. The zero-order valence-electron chi connectivity index (χ0n) is 7.63. The van der Waals surface area contributed by atoms with E-state index in [-0.39, 0.29) is 0 Å². The Morgan fingerprint density at radius 2 is 2.15 bits per heavy atom. The van der Waals surface area contributed by atoms with Crippen molar-refractivity contribution < 1.29 is 0 Å². The number of nitrogens with zero attached hydrogens (tertiary/aromatic N) is 1. The molecule has 0 spiro atoms. The SMILES string of the molecule is CCCc1cc2ccc(Br)cn2c1. The summed E-state index contributed by atoms with van der Waals surface area (Å²) < 4.78 is 3.29. The van der Waals surface area contributed by atoms with Crippen molar-refractivity contribution in [3.8, 4) is 0 Å². The van der Waals surface area contributed by atoms with Crippen LogP contribution in [-0.4, -0.2) is 4.40 Å². The minimum absolute atomic E-state index is 1.12. The topological polar surface area (TPSA) is 4.41 Å². The van der Waals surface area contributed by atoms with Gasteiger partial charge in [-0.25, -0.2) is 0 Å². The van der Waals surface area contributed by atoms with Crippen LogP contribution in [0.4, 0.5) is 0 Å². The van der Waals surface area contributed by atoms with E-state index < -0.39 is 0 Å². The summed E-state index contributed by atoms with van der Waals surface area (Å²) in [6.45, 7) is 2.21. The molecular formula is C11H12BrN. The molecule has 0 atom stereocenters. The maximum atomic E-state index is 3.46. The number of fused-ring (bicyclic) bond motifs is 1.